The maximum Gasteiger partial charge on any atom is 0.231 e. The van der Waals surface area contributed by atoms with Crippen LogP contribution < -0.4 is 9.47 Å². The fourth-order valence-electron chi connectivity index (χ4n) is 3.58. The van der Waals surface area contributed by atoms with Crippen LogP contribution in [0.15, 0.2) is 42.5 Å². The highest BCUT2D eigenvalue weighted by Crippen LogP contribution is 2.37. The van der Waals surface area contributed by atoms with E-state index < -0.39 is 0 Å². The maximum absolute atomic E-state index is 12.9. The number of benzene rings is 2. The summed E-state index contributed by atoms with van der Waals surface area (Å²) in [5.41, 5.74) is 1.57. The summed E-state index contributed by atoms with van der Waals surface area (Å²) >= 11 is 0. The molecule has 4 rings (SSSR count). The van der Waals surface area contributed by atoms with Crippen molar-refractivity contribution < 1.29 is 23.5 Å². The molecule has 1 saturated heterocycles. The molecule has 2 heterocycles. The van der Waals surface area contributed by atoms with Crippen molar-refractivity contribution in [3.63, 3.8) is 0 Å². The molecule has 1 atom stereocenters. The van der Waals surface area contributed by atoms with E-state index in [1.807, 2.05) is 23.1 Å². The topological polar surface area (TPSA) is 55.8 Å². The summed E-state index contributed by atoms with van der Waals surface area (Å²) in [5, 5.41) is 0. The van der Waals surface area contributed by atoms with Gasteiger partial charge in [0.25, 0.3) is 0 Å². The minimum atomic E-state index is -0.380. The highest BCUT2D eigenvalue weighted by molar-refractivity contribution is 5.97. The standard InChI is InChI=1S/C21H20FNO4/c22-17-4-1-14(2-5-17)18(24)6-8-21(25)23-10-9-16(12-23)15-3-7-19-20(11-15)27-13-26-19/h1-5,7,11,16H,6,8-10,12-13H2. The van der Waals surface area contributed by atoms with Crippen LogP contribution in [0.2, 0.25) is 0 Å². The molecule has 0 aromatic heterocycles. The predicted octanol–water partition coefficient (Wildman–Crippen LogP) is 3.53. The lowest BCUT2D eigenvalue weighted by Crippen LogP contribution is -2.28. The van der Waals surface area contributed by atoms with Crippen molar-refractivity contribution in [2.24, 2.45) is 0 Å². The van der Waals surface area contributed by atoms with Gasteiger partial charge in [0.2, 0.25) is 12.7 Å². The molecule has 5 nitrogen and oxygen atoms in total. The molecular formula is C21H20FNO4. The number of carbonyl (C=O) groups is 2. The van der Waals surface area contributed by atoms with Crippen molar-refractivity contribution >= 4 is 11.7 Å². The predicted molar refractivity (Wildman–Crippen MR) is 96.5 cm³/mol. The van der Waals surface area contributed by atoms with Crippen molar-refractivity contribution in [3.8, 4) is 11.5 Å². The third kappa shape index (κ3) is 3.79. The lowest BCUT2D eigenvalue weighted by atomic mass is 9.98. The minimum Gasteiger partial charge on any atom is -0.454 e. The molecule has 27 heavy (non-hydrogen) atoms. The second-order valence-electron chi connectivity index (χ2n) is 6.87. The van der Waals surface area contributed by atoms with Crippen LogP contribution in [0.1, 0.15) is 41.1 Å². The second kappa shape index (κ2) is 7.39. The van der Waals surface area contributed by atoms with E-state index in [0.29, 0.717) is 18.7 Å². The van der Waals surface area contributed by atoms with Gasteiger partial charge < -0.3 is 14.4 Å². The first kappa shape index (κ1) is 17.5. The zero-order chi connectivity index (χ0) is 18.8. The zero-order valence-electron chi connectivity index (χ0n) is 14.8. The number of carbonyl (C=O) groups excluding carboxylic acids is 2. The second-order valence-corrected chi connectivity index (χ2v) is 6.87. The average Bonchev–Trinajstić information content (AvgIpc) is 3.35. The first-order valence-corrected chi connectivity index (χ1v) is 9.06. The Morgan fingerprint density at radius 1 is 1.04 bits per heavy atom. The summed E-state index contributed by atoms with van der Waals surface area (Å²) in [6.07, 6.45) is 1.19. The summed E-state index contributed by atoms with van der Waals surface area (Å²) in [6, 6.07) is 11.3. The van der Waals surface area contributed by atoms with Gasteiger partial charge in [-0.1, -0.05) is 6.07 Å². The largest absolute Gasteiger partial charge is 0.454 e. The van der Waals surface area contributed by atoms with Crippen molar-refractivity contribution in [2.45, 2.75) is 25.2 Å². The summed E-state index contributed by atoms with van der Waals surface area (Å²) < 4.78 is 23.7. The van der Waals surface area contributed by atoms with Gasteiger partial charge in [0.05, 0.1) is 0 Å². The molecule has 140 valence electrons. The summed E-state index contributed by atoms with van der Waals surface area (Å²) in [7, 11) is 0. The van der Waals surface area contributed by atoms with E-state index in [1.165, 1.54) is 24.3 Å². The molecular weight excluding hydrogens is 349 g/mol. The number of amides is 1. The van der Waals surface area contributed by atoms with E-state index in [-0.39, 0.29) is 43.1 Å². The Balaban J connectivity index is 1.31. The van der Waals surface area contributed by atoms with Crippen LogP contribution >= 0.6 is 0 Å². The van der Waals surface area contributed by atoms with Gasteiger partial charge in [-0.25, -0.2) is 4.39 Å². The number of ether oxygens (including phenoxy) is 2. The van der Waals surface area contributed by atoms with Crippen molar-refractivity contribution in [1.82, 2.24) is 4.90 Å². The molecule has 0 radical (unpaired) electrons. The first-order chi connectivity index (χ1) is 13.1. The third-order valence-corrected chi connectivity index (χ3v) is 5.14. The van der Waals surface area contributed by atoms with E-state index in [0.717, 1.165) is 23.5 Å². The molecule has 2 aliphatic heterocycles. The number of fused-ring (bicyclic) bond motifs is 1. The van der Waals surface area contributed by atoms with Crippen LogP contribution in [0.4, 0.5) is 4.39 Å². The Labute approximate surface area is 156 Å². The van der Waals surface area contributed by atoms with Crippen molar-refractivity contribution in [2.75, 3.05) is 19.9 Å². The fraction of sp³-hybridized carbons (Fsp3) is 0.333. The van der Waals surface area contributed by atoms with Crippen LogP contribution in [0.3, 0.4) is 0 Å². The number of Topliss-reactive ketones (excluding diaryl/α,β-unsaturated/α-hetero) is 1. The smallest absolute Gasteiger partial charge is 0.231 e. The lowest BCUT2D eigenvalue weighted by molar-refractivity contribution is -0.130. The number of rotatable bonds is 5. The lowest BCUT2D eigenvalue weighted by Gasteiger charge is -2.17. The van der Waals surface area contributed by atoms with Gasteiger partial charge in [-0.05, 0) is 48.4 Å². The minimum absolute atomic E-state index is 0.0197. The number of ketones is 1. The highest BCUT2D eigenvalue weighted by Gasteiger charge is 2.28. The van der Waals surface area contributed by atoms with Crippen LogP contribution in [0.5, 0.6) is 11.5 Å². The van der Waals surface area contributed by atoms with Gasteiger partial charge in [-0.3, -0.25) is 9.59 Å². The van der Waals surface area contributed by atoms with Gasteiger partial charge in [0.15, 0.2) is 17.3 Å². The van der Waals surface area contributed by atoms with Crippen molar-refractivity contribution in [3.05, 3.63) is 59.4 Å². The molecule has 0 N–H and O–H groups in total. The maximum atomic E-state index is 12.9. The highest BCUT2D eigenvalue weighted by atomic mass is 19.1. The number of halogens is 1. The fourth-order valence-corrected chi connectivity index (χ4v) is 3.58. The Bertz CT molecular complexity index is 865. The number of likely N-dealkylation sites (tertiary alicyclic amines) is 1. The molecule has 2 aromatic carbocycles. The molecule has 2 aliphatic rings. The number of nitrogens with zero attached hydrogens (tertiary/aromatic N) is 1. The number of hydrogen-bond donors (Lipinski definition) is 0. The third-order valence-electron chi connectivity index (χ3n) is 5.14. The van der Waals surface area contributed by atoms with E-state index in [1.54, 1.807) is 0 Å². The molecule has 0 spiro atoms. The van der Waals surface area contributed by atoms with E-state index >= 15 is 0 Å². The Hall–Kier alpha value is -2.89. The Kier molecular flexibility index (Phi) is 4.79. The zero-order valence-corrected chi connectivity index (χ0v) is 14.8. The van der Waals surface area contributed by atoms with Gasteiger partial charge in [0.1, 0.15) is 5.82 Å². The molecule has 1 unspecified atom stereocenters. The molecule has 1 fully saturated rings. The Morgan fingerprint density at radius 3 is 2.63 bits per heavy atom. The van der Waals surface area contributed by atoms with Crippen LogP contribution in [-0.2, 0) is 4.79 Å². The van der Waals surface area contributed by atoms with Crippen molar-refractivity contribution in [1.29, 1.82) is 0 Å². The molecule has 6 heteroatoms. The number of hydrogen-bond acceptors (Lipinski definition) is 4. The van der Waals surface area contributed by atoms with Crippen LogP contribution in [-0.4, -0.2) is 36.5 Å². The Morgan fingerprint density at radius 2 is 1.81 bits per heavy atom. The average molecular weight is 369 g/mol. The molecule has 0 saturated carbocycles. The summed E-state index contributed by atoms with van der Waals surface area (Å²) in [4.78, 5) is 26.4. The van der Waals surface area contributed by atoms with Gasteiger partial charge >= 0.3 is 0 Å². The monoisotopic (exact) mass is 369 g/mol. The molecule has 2 aromatic rings. The molecule has 0 aliphatic carbocycles. The van der Waals surface area contributed by atoms with E-state index in [9.17, 15) is 14.0 Å². The van der Waals surface area contributed by atoms with Crippen LogP contribution in [0.25, 0.3) is 0 Å². The summed E-state index contributed by atoms with van der Waals surface area (Å²) in [5.74, 6) is 1.22. The van der Waals surface area contributed by atoms with E-state index in [2.05, 4.69) is 0 Å². The van der Waals surface area contributed by atoms with Gasteiger partial charge in [-0.2, -0.15) is 0 Å². The van der Waals surface area contributed by atoms with E-state index in [4.69, 9.17) is 9.47 Å². The SMILES string of the molecule is O=C(CCC(=O)N1CCC(c2ccc3c(c2)OCO3)C1)c1ccc(F)cc1. The van der Waals surface area contributed by atoms with Gasteiger partial charge in [-0.15, -0.1) is 0 Å². The quantitative estimate of drug-likeness (QED) is 0.757. The van der Waals surface area contributed by atoms with Crippen LogP contribution in [0, 0.1) is 5.82 Å². The molecule has 1 amide bonds. The molecule has 0 bridgehead atoms. The summed E-state index contributed by atoms with van der Waals surface area (Å²) in [6.45, 7) is 1.57. The first-order valence-electron chi connectivity index (χ1n) is 9.06. The van der Waals surface area contributed by atoms with Gasteiger partial charge in [0, 0.05) is 37.4 Å². The normalized spacial score (nSPS) is 18.0.